The Kier molecular flexibility index (Phi) is 4.76. The van der Waals surface area contributed by atoms with Crippen LogP contribution in [0.25, 0.3) is 0 Å². The summed E-state index contributed by atoms with van der Waals surface area (Å²) in [5, 5.41) is 9.34. The molecule has 21 heavy (non-hydrogen) atoms. The highest BCUT2D eigenvalue weighted by atomic mass is 32.2. The van der Waals surface area contributed by atoms with Crippen molar-refractivity contribution >= 4 is 10.0 Å². The lowest BCUT2D eigenvalue weighted by Gasteiger charge is -2.14. The lowest BCUT2D eigenvalue weighted by molar-refractivity contribution is 0.280. The summed E-state index contributed by atoms with van der Waals surface area (Å²) in [6.07, 6.45) is 3.95. The number of aromatic nitrogens is 2. The van der Waals surface area contributed by atoms with E-state index < -0.39 is 16.1 Å². The maximum atomic E-state index is 12.4. The van der Waals surface area contributed by atoms with E-state index in [1.165, 1.54) is 6.07 Å². The molecule has 2 rings (SSSR count). The monoisotopic (exact) mass is 309 g/mol. The molecule has 0 radical (unpaired) electrons. The first-order valence-corrected chi connectivity index (χ1v) is 8.20. The van der Waals surface area contributed by atoms with Crippen LogP contribution in [0.1, 0.15) is 36.8 Å². The van der Waals surface area contributed by atoms with E-state index >= 15 is 0 Å². The molecule has 1 aromatic carbocycles. The van der Waals surface area contributed by atoms with E-state index in [2.05, 4.69) is 14.7 Å². The van der Waals surface area contributed by atoms with Crippen LogP contribution in [0.15, 0.2) is 35.5 Å². The zero-order valence-corrected chi connectivity index (χ0v) is 12.8. The molecule has 0 spiro atoms. The quantitative estimate of drug-likeness (QED) is 0.753. The molecule has 7 heteroatoms. The zero-order chi connectivity index (χ0) is 15.5. The number of rotatable bonds is 6. The SMILES string of the molecule is CCc1ccc(S(=O)(=O)NC(C)c2ncc[nH]2)cc1CO. The summed E-state index contributed by atoms with van der Waals surface area (Å²) in [7, 11) is -3.66. The first-order chi connectivity index (χ1) is 9.97. The summed E-state index contributed by atoms with van der Waals surface area (Å²) in [6.45, 7) is 3.49. The highest BCUT2D eigenvalue weighted by molar-refractivity contribution is 7.89. The number of hydrogen-bond acceptors (Lipinski definition) is 4. The van der Waals surface area contributed by atoms with E-state index in [0.29, 0.717) is 11.4 Å². The molecule has 1 unspecified atom stereocenters. The highest BCUT2D eigenvalue weighted by Crippen LogP contribution is 2.19. The Morgan fingerprint density at radius 3 is 2.71 bits per heavy atom. The van der Waals surface area contributed by atoms with Gasteiger partial charge in [-0.3, -0.25) is 0 Å². The van der Waals surface area contributed by atoms with Crippen molar-refractivity contribution in [1.29, 1.82) is 0 Å². The predicted molar refractivity (Wildman–Crippen MR) is 79.1 cm³/mol. The molecule has 1 aromatic heterocycles. The van der Waals surface area contributed by atoms with Crippen molar-refractivity contribution in [2.24, 2.45) is 0 Å². The Labute approximate surface area is 124 Å². The lowest BCUT2D eigenvalue weighted by Crippen LogP contribution is -2.27. The number of aliphatic hydroxyl groups excluding tert-OH is 1. The molecule has 114 valence electrons. The molecule has 0 aliphatic rings. The van der Waals surface area contributed by atoms with Crippen molar-refractivity contribution in [3.05, 3.63) is 47.5 Å². The summed E-state index contributed by atoms with van der Waals surface area (Å²) in [5.74, 6) is 0.547. The maximum absolute atomic E-state index is 12.4. The smallest absolute Gasteiger partial charge is 0.241 e. The molecule has 1 heterocycles. The van der Waals surface area contributed by atoms with Crippen LogP contribution in [0.5, 0.6) is 0 Å². The van der Waals surface area contributed by atoms with E-state index in [0.717, 1.165) is 12.0 Å². The van der Waals surface area contributed by atoms with Crippen molar-refractivity contribution in [2.45, 2.75) is 37.8 Å². The largest absolute Gasteiger partial charge is 0.392 e. The number of sulfonamides is 1. The standard InChI is InChI=1S/C14H19N3O3S/c1-3-11-4-5-13(8-12(11)9-18)21(19,20)17-10(2)14-15-6-7-16-14/h4-8,10,17-18H,3,9H2,1-2H3,(H,15,16). The van der Waals surface area contributed by atoms with Gasteiger partial charge in [-0.1, -0.05) is 13.0 Å². The van der Waals surface area contributed by atoms with Crippen molar-refractivity contribution in [3.63, 3.8) is 0 Å². The number of aryl methyl sites for hydroxylation is 1. The van der Waals surface area contributed by atoms with Crippen LogP contribution in [0.4, 0.5) is 0 Å². The fourth-order valence-corrected chi connectivity index (χ4v) is 3.39. The minimum absolute atomic E-state index is 0.141. The Morgan fingerprint density at radius 2 is 2.14 bits per heavy atom. The van der Waals surface area contributed by atoms with Gasteiger partial charge >= 0.3 is 0 Å². The van der Waals surface area contributed by atoms with Crippen molar-refractivity contribution in [3.8, 4) is 0 Å². The summed E-state index contributed by atoms with van der Waals surface area (Å²) >= 11 is 0. The third-order valence-corrected chi connectivity index (χ3v) is 4.84. The van der Waals surface area contributed by atoms with Crippen LogP contribution in [-0.2, 0) is 23.1 Å². The molecule has 0 bridgehead atoms. The average Bonchev–Trinajstić information content (AvgIpc) is 3.00. The molecule has 0 fully saturated rings. The average molecular weight is 309 g/mol. The van der Waals surface area contributed by atoms with E-state index in [1.807, 2.05) is 6.92 Å². The molecule has 0 aliphatic heterocycles. The van der Waals surface area contributed by atoms with Crippen LogP contribution in [-0.4, -0.2) is 23.5 Å². The molecule has 1 atom stereocenters. The van der Waals surface area contributed by atoms with Crippen molar-refractivity contribution in [1.82, 2.24) is 14.7 Å². The van der Waals surface area contributed by atoms with Gasteiger partial charge in [-0.2, -0.15) is 0 Å². The zero-order valence-electron chi connectivity index (χ0n) is 12.0. The van der Waals surface area contributed by atoms with Gasteiger partial charge in [-0.25, -0.2) is 18.1 Å². The molecule has 2 aromatic rings. The number of aromatic amines is 1. The van der Waals surface area contributed by atoms with Crippen molar-refractivity contribution < 1.29 is 13.5 Å². The van der Waals surface area contributed by atoms with Crippen LogP contribution in [0, 0.1) is 0 Å². The molecular formula is C14H19N3O3S. The second-order valence-electron chi connectivity index (χ2n) is 4.76. The van der Waals surface area contributed by atoms with Gasteiger partial charge in [0.05, 0.1) is 17.5 Å². The topological polar surface area (TPSA) is 95.1 Å². The Morgan fingerprint density at radius 1 is 1.38 bits per heavy atom. The van der Waals surface area contributed by atoms with E-state index in [4.69, 9.17) is 0 Å². The van der Waals surface area contributed by atoms with Gasteiger partial charge in [-0.05, 0) is 36.6 Å². The summed E-state index contributed by atoms with van der Waals surface area (Å²) in [6, 6.07) is 4.33. The molecule has 0 aliphatic carbocycles. The second kappa shape index (κ2) is 6.38. The number of H-pyrrole nitrogens is 1. The highest BCUT2D eigenvalue weighted by Gasteiger charge is 2.20. The molecular weight excluding hydrogens is 290 g/mol. The van der Waals surface area contributed by atoms with Gasteiger partial charge in [0.15, 0.2) is 0 Å². The normalized spacial score (nSPS) is 13.3. The number of nitrogens with one attached hydrogen (secondary N) is 2. The summed E-state index contributed by atoms with van der Waals surface area (Å²) in [5.41, 5.74) is 1.57. The lowest BCUT2D eigenvalue weighted by atomic mass is 10.1. The van der Waals surface area contributed by atoms with Crippen LogP contribution in [0.2, 0.25) is 0 Å². The number of benzene rings is 1. The molecule has 0 saturated carbocycles. The fourth-order valence-electron chi connectivity index (χ4n) is 2.13. The Hall–Kier alpha value is -1.70. The maximum Gasteiger partial charge on any atom is 0.241 e. The predicted octanol–water partition coefficient (Wildman–Crippen LogP) is 1.50. The number of hydrogen-bond donors (Lipinski definition) is 3. The molecule has 0 amide bonds. The molecule has 6 nitrogen and oxygen atoms in total. The fraction of sp³-hybridized carbons (Fsp3) is 0.357. The molecule has 0 saturated heterocycles. The first kappa shape index (κ1) is 15.7. The summed E-state index contributed by atoms with van der Waals surface area (Å²) in [4.78, 5) is 7.05. The van der Waals surface area contributed by atoms with E-state index in [1.54, 1.807) is 31.5 Å². The van der Waals surface area contributed by atoms with E-state index in [9.17, 15) is 13.5 Å². The minimum atomic E-state index is -3.66. The van der Waals surface area contributed by atoms with E-state index in [-0.39, 0.29) is 11.5 Å². The number of imidazole rings is 1. The van der Waals surface area contributed by atoms with Crippen molar-refractivity contribution in [2.75, 3.05) is 0 Å². The number of aliphatic hydroxyl groups is 1. The van der Waals surface area contributed by atoms with Gasteiger partial charge in [0, 0.05) is 12.4 Å². The minimum Gasteiger partial charge on any atom is -0.392 e. The third kappa shape index (κ3) is 3.49. The van der Waals surface area contributed by atoms with Crippen LogP contribution < -0.4 is 4.72 Å². The van der Waals surface area contributed by atoms with Crippen LogP contribution in [0.3, 0.4) is 0 Å². The second-order valence-corrected chi connectivity index (χ2v) is 6.47. The number of nitrogens with zero attached hydrogens (tertiary/aromatic N) is 1. The summed E-state index contributed by atoms with van der Waals surface area (Å²) < 4.78 is 27.3. The van der Waals surface area contributed by atoms with Gasteiger partial charge in [0.1, 0.15) is 5.82 Å². The van der Waals surface area contributed by atoms with Gasteiger partial charge < -0.3 is 10.1 Å². The Bertz CT molecular complexity index is 696. The Balaban J connectivity index is 2.27. The van der Waals surface area contributed by atoms with Gasteiger partial charge in [0.25, 0.3) is 0 Å². The third-order valence-electron chi connectivity index (χ3n) is 3.30. The van der Waals surface area contributed by atoms with Crippen LogP contribution >= 0.6 is 0 Å². The first-order valence-electron chi connectivity index (χ1n) is 6.72. The van der Waals surface area contributed by atoms with Gasteiger partial charge in [0.2, 0.25) is 10.0 Å². The van der Waals surface area contributed by atoms with Gasteiger partial charge in [-0.15, -0.1) is 0 Å². The molecule has 3 N–H and O–H groups in total.